The van der Waals surface area contributed by atoms with E-state index in [0.717, 1.165) is 11.1 Å². The maximum absolute atomic E-state index is 4.24. The van der Waals surface area contributed by atoms with Crippen LogP contribution in [-0.4, -0.2) is 35.2 Å². The first-order valence-corrected chi connectivity index (χ1v) is 5.61. The second-order valence-electron chi connectivity index (χ2n) is 3.96. The average Bonchev–Trinajstić information content (AvgIpc) is 2.21. The summed E-state index contributed by atoms with van der Waals surface area (Å²) in [5.74, 6) is 0.615. The van der Waals surface area contributed by atoms with Crippen LogP contribution in [0.4, 0.5) is 0 Å². The molecule has 76 valence electrons. The number of hydrogen-bond acceptors (Lipinski definition) is 3. The lowest BCUT2D eigenvalue weighted by atomic mass is 9.94. The summed E-state index contributed by atoms with van der Waals surface area (Å²) in [5, 5.41) is 8.31. The standard InChI is InChI=1S/C10H16N3P/c1-13-6-4-8(5-7-13)9-2-3-10(14)12-11-9/h2-3,8H,4-7,14H2,1H3. The Balaban J connectivity index is 2.05. The van der Waals surface area contributed by atoms with Gasteiger partial charge < -0.3 is 4.90 Å². The normalized spacial score (nSPS) is 19.9. The van der Waals surface area contributed by atoms with Gasteiger partial charge in [0.25, 0.3) is 0 Å². The van der Waals surface area contributed by atoms with Crippen LogP contribution in [0.25, 0.3) is 0 Å². The summed E-state index contributed by atoms with van der Waals surface area (Å²) in [4.78, 5) is 2.37. The Labute approximate surface area is 87.1 Å². The lowest BCUT2D eigenvalue weighted by Crippen LogP contribution is -2.29. The molecule has 0 radical (unpaired) electrons. The molecule has 0 saturated carbocycles. The molecule has 2 rings (SSSR count). The van der Waals surface area contributed by atoms with Gasteiger partial charge in [-0.05, 0) is 45.1 Å². The van der Waals surface area contributed by atoms with Gasteiger partial charge in [0.1, 0.15) is 0 Å². The van der Waals surface area contributed by atoms with Crippen LogP contribution >= 0.6 is 9.24 Å². The Bertz CT molecular complexity index is 291. The molecule has 0 bridgehead atoms. The second-order valence-corrected chi connectivity index (χ2v) is 4.55. The molecule has 14 heavy (non-hydrogen) atoms. The van der Waals surface area contributed by atoms with Gasteiger partial charge in [-0.15, -0.1) is 0 Å². The zero-order valence-corrected chi connectivity index (χ0v) is 9.63. The monoisotopic (exact) mass is 209 g/mol. The van der Waals surface area contributed by atoms with E-state index < -0.39 is 0 Å². The molecule has 0 aromatic carbocycles. The van der Waals surface area contributed by atoms with E-state index in [1.807, 2.05) is 6.07 Å². The highest BCUT2D eigenvalue weighted by atomic mass is 31.0. The molecule has 0 spiro atoms. The third-order valence-corrected chi connectivity index (χ3v) is 3.15. The van der Waals surface area contributed by atoms with E-state index in [-0.39, 0.29) is 0 Å². The molecule has 1 saturated heterocycles. The Morgan fingerprint density at radius 3 is 2.57 bits per heavy atom. The number of likely N-dealkylation sites (tertiary alicyclic amines) is 1. The van der Waals surface area contributed by atoms with Crippen molar-refractivity contribution in [3.05, 3.63) is 17.8 Å². The van der Waals surface area contributed by atoms with Gasteiger partial charge >= 0.3 is 0 Å². The van der Waals surface area contributed by atoms with Crippen molar-refractivity contribution in [2.45, 2.75) is 18.8 Å². The van der Waals surface area contributed by atoms with Crippen LogP contribution in [0.2, 0.25) is 0 Å². The minimum absolute atomic E-state index is 0.615. The van der Waals surface area contributed by atoms with Crippen LogP contribution in [0.5, 0.6) is 0 Å². The van der Waals surface area contributed by atoms with E-state index in [4.69, 9.17) is 0 Å². The van der Waals surface area contributed by atoms with Gasteiger partial charge in [0.2, 0.25) is 0 Å². The van der Waals surface area contributed by atoms with E-state index >= 15 is 0 Å². The molecule has 1 aliphatic rings. The minimum Gasteiger partial charge on any atom is -0.306 e. The fourth-order valence-electron chi connectivity index (χ4n) is 1.87. The molecule has 0 aliphatic carbocycles. The van der Waals surface area contributed by atoms with Gasteiger partial charge in [0, 0.05) is 5.92 Å². The predicted octanol–water partition coefficient (Wildman–Crippen LogP) is 0.786. The summed E-state index contributed by atoms with van der Waals surface area (Å²) in [6, 6.07) is 4.12. The van der Waals surface area contributed by atoms with Crippen molar-refractivity contribution in [1.82, 2.24) is 15.1 Å². The highest BCUT2D eigenvalue weighted by Crippen LogP contribution is 2.24. The van der Waals surface area contributed by atoms with Crippen LogP contribution in [0, 0.1) is 0 Å². The molecule has 2 heterocycles. The number of rotatable bonds is 1. The van der Waals surface area contributed by atoms with Crippen molar-refractivity contribution >= 4 is 14.7 Å². The molecular formula is C10H16N3P. The molecule has 0 N–H and O–H groups in total. The molecule has 1 aliphatic heterocycles. The zero-order valence-electron chi connectivity index (χ0n) is 8.48. The summed E-state index contributed by atoms with van der Waals surface area (Å²) < 4.78 is 0. The second kappa shape index (κ2) is 4.33. The molecule has 0 amide bonds. The van der Waals surface area contributed by atoms with Gasteiger partial charge in [0.15, 0.2) is 0 Å². The molecule has 1 fully saturated rings. The Hall–Kier alpha value is -0.530. The summed E-state index contributed by atoms with van der Waals surface area (Å²) in [6.45, 7) is 2.35. The highest BCUT2D eigenvalue weighted by Gasteiger charge is 2.19. The van der Waals surface area contributed by atoms with E-state index in [1.54, 1.807) is 0 Å². The number of piperidine rings is 1. The quantitative estimate of drug-likeness (QED) is 0.640. The Kier molecular flexibility index (Phi) is 3.09. The molecule has 1 aromatic rings. The van der Waals surface area contributed by atoms with Crippen LogP contribution in [0.3, 0.4) is 0 Å². The summed E-state index contributed by atoms with van der Waals surface area (Å²) in [7, 11) is 4.74. The van der Waals surface area contributed by atoms with Gasteiger partial charge in [-0.1, -0.05) is 9.24 Å². The molecule has 3 nitrogen and oxygen atoms in total. The fourth-order valence-corrected chi connectivity index (χ4v) is 2.03. The largest absolute Gasteiger partial charge is 0.306 e. The summed E-state index contributed by atoms with van der Waals surface area (Å²) in [5.41, 5.74) is 2.07. The van der Waals surface area contributed by atoms with Crippen molar-refractivity contribution in [2.75, 3.05) is 20.1 Å². The lowest BCUT2D eigenvalue weighted by molar-refractivity contribution is 0.253. The van der Waals surface area contributed by atoms with Gasteiger partial charge in [-0.2, -0.15) is 10.2 Å². The van der Waals surface area contributed by atoms with Gasteiger partial charge in [-0.25, -0.2) is 0 Å². The summed E-state index contributed by atoms with van der Waals surface area (Å²) >= 11 is 0. The van der Waals surface area contributed by atoms with Crippen LogP contribution in [0.15, 0.2) is 12.1 Å². The number of aromatic nitrogens is 2. The smallest absolute Gasteiger partial charge is 0.0795 e. The predicted molar refractivity (Wildman–Crippen MR) is 60.8 cm³/mol. The van der Waals surface area contributed by atoms with Gasteiger partial charge in [-0.3, -0.25) is 0 Å². The molecule has 1 aromatic heterocycles. The number of hydrogen-bond donors (Lipinski definition) is 0. The molecular weight excluding hydrogens is 193 g/mol. The van der Waals surface area contributed by atoms with Crippen LogP contribution < -0.4 is 5.44 Å². The van der Waals surface area contributed by atoms with E-state index in [9.17, 15) is 0 Å². The Morgan fingerprint density at radius 2 is 2.00 bits per heavy atom. The first-order chi connectivity index (χ1) is 6.75. The van der Waals surface area contributed by atoms with Crippen molar-refractivity contribution in [3.8, 4) is 0 Å². The van der Waals surface area contributed by atoms with E-state index in [1.165, 1.54) is 25.9 Å². The van der Waals surface area contributed by atoms with Gasteiger partial charge in [0.05, 0.1) is 11.1 Å². The SMILES string of the molecule is CN1CCC(c2ccc(P)nn2)CC1. The maximum atomic E-state index is 4.24. The van der Waals surface area contributed by atoms with Crippen molar-refractivity contribution in [2.24, 2.45) is 0 Å². The lowest BCUT2D eigenvalue weighted by Gasteiger charge is -2.28. The molecule has 1 unspecified atom stereocenters. The first-order valence-electron chi connectivity index (χ1n) is 5.03. The topological polar surface area (TPSA) is 29.0 Å². The molecule has 1 atom stereocenters. The highest BCUT2D eigenvalue weighted by molar-refractivity contribution is 7.26. The first kappa shape index (κ1) is 10.0. The van der Waals surface area contributed by atoms with E-state index in [0.29, 0.717) is 5.92 Å². The minimum atomic E-state index is 0.615. The third-order valence-electron chi connectivity index (χ3n) is 2.84. The third kappa shape index (κ3) is 2.28. The number of nitrogens with zero attached hydrogens (tertiary/aromatic N) is 3. The van der Waals surface area contributed by atoms with Crippen molar-refractivity contribution in [3.63, 3.8) is 0 Å². The van der Waals surface area contributed by atoms with Crippen LogP contribution in [0.1, 0.15) is 24.5 Å². The van der Waals surface area contributed by atoms with Crippen molar-refractivity contribution < 1.29 is 0 Å². The molecule has 4 heteroatoms. The van der Waals surface area contributed by atoms with Crippen molar-refractivity contribution in [1.29, 1.82) is 0 Å². The zero-order chi connectivity index (χ0) is 9.97. The maximum Gasteiger partial charge on any atom is 0.0795 e. The summed E-state index contributed by atoms with van der Waals surface area (Å²) in [6.07, 6.45) is 2.42. The van der Waals surface area contributed by atoms with Crippen LogP contribution in [-0.2, 0) is 0 Å². The average molecular weight is 209 g/mol. The Morgan fingerprint density at radius 1 is 1.29 bits per heavy atom. The van der Waals surface area contributed by atoms with E-state index in [2.05, 4.69) is 37.5 Å². The fraction of sp³-hybridized carbons (Fsp3) is 0.600.